The van der Waals surface area contributed by atoms with Crippen molar-refractivity contribution in [2.45, 2.75) is 63.8 Å². The van der Waals surface area contributed by atoms with E-state index in [0.717, 1.165) is 38.5 Å². The lowest BCUT2D eigenvalue weighted by Crippen LogP contribution is -2.34. The summed E-state index contributed by atoms with van der Waals surface area (Å²) >= 11 is 0. The first-order chi connectivity index (χ1) is 13.5. The fourth-order valence-electron chi connectivity index (χ4n) is 4.32. The molecule has 2 aromatic carbocycles. The summed E-state index contributed by atoms with van der Waals surface area (Å²) in [6.45, 7) is 1.92. The quantitative estimate of drug-likeness (QED) is 0.572. The second-order valence-electron chi connectivity index (χ2n) is 8.14. The summed E-state index contributed by atoms with van der Waals surface area (Å²) < 4.78 is 23.7. The van der Waals surface area contributed by atoms with Crippen LogP contribution in [0.25, 0.3) is 0 Å². The van der Waals surface area contributed by atoms with Crippen molar-refractivity contribution in [2.24, 2.45) is 5.73 Å². The maximum absolute atomic E-state index is 11.9. The number of halogens is 1. The van der Waals surface area contributed by atoms with Crippen LogP contribution in [0.1, 0.15) is 60.8 Å². The van der Waals surface area contributed by atoms with Gasteiger partial charge in [-0.1, -0.05) is 55.5 Å². The van der Waals surface area contributed by atoms with Crippen LogP contribution >= 0.6 is 12.4 Å². The molecular weight excluding hydrogens is 402 g/mol. The van der Waals surface area contributed by atoms with E-state index >= 15 is 0 Å². The van der Waals surface area contributed by atoms with Crippen LogP contribution in [0.3, 0.4) is 0 Å². The van der Waals surface area contributed by atoms with E-state index in [0.29, 0.717) is 23.8 Å². The summed E-state index contributed by atoms with van der Waals surface area (Å²) in [6.07, 6.45) is 6.37. The molecule has 2 atom stereocenters. The van der Waals surface area contributed by atoms with Gasteiger partial charge in [0.1, 0.15) is 9.84 Å². The van der Waals surface area contributed by atoms with Crippen molar-refractivity contribution in [1.29, 1.82) is 0 Å². The molecule has 0 saturated carbocycles. The van der Waals surface area contributed by atoms with Crippen LogP contribution in [0.5, 0.6) is 0 Å². The number of unbranched alkanes of at least 4 members (excludes halogenated alkanes) is 1. The topological polar surface area (TPSA) is 60.2 Å². The number of hydrogen-bond donors (Lipinski definition) is 1. The van der Waals surface area contributed by atoms with Gasteiger partial charge in [-0.15, -0.1) is 12.4 Å². The zero-order valence-corrected chi connectivity index (χ0v) is 19.0. The van der Waals surface area contributed by atoms with E-state index in [4.69, 9.17) is 5.73 Å². The summed E-state index contributed by atoms with van der Waals surface area (Å²) in [4.78, 5) is 0. The van der Waals surface area contributed by atoms with Gasteiger partial charge in [-0.25, -0.2) is 8.42 Å². The summed E-state index contributed by atoms with van der Waals surface area (Å²) in [7, 11) is -2.87. The lowest BCUT2D eigenvalue weighted by Gasteiger charge is -2.32. The fraction of sp³-hybridized carbons (Fsp3) is 0.500. The Hall–Kier alpha value is -1.36. The van der Waals surface area contributed by atoms with Gasteiger partial charge in [0.05, 0.1) is 5.75 Å². The van der Waals surface area contributed by atoms with Gasteiger partial charge in [-0.3, -0.25) is 0 Å². The molecular formula is C24H34ClNO2S. The highest BCUT2D eigenvalue weighted by molar-refractivity contribution is 7.91. The van der Waals surface area contributed by atoms with Crippen LogP contribution < -0.4 is 5.73 Å². The SMILES string of the molecule is CCCS(=O)(=O)CCCCc1ccc2c(c1)C(Cc1ccccc1)C(N)CC2.Cl. The van der Waals surface area contributed by atoms with Crippen molar-refractivity contribution in [2.75, 3.05) is 11.5 Å². The Labute approximate surface area is 182 Å². The van der Waals surface area contributed by atoms with Gasteiger partial charge in [0.15, 0.2) is 0 Å². The first kappa shape index (κ1) is 23.9. The minimum atomic E-state index is -2.87. The molecule has 0 bridgehead atoms. The lowest BCUT2D eigenvalue weighted by atomic mass is 9.76. The molecule has 0 saturated heterocycles. The summed E-state index contributed by atoms with van der Waals surface area (Å²) in [6, 6.07) is 17.6. The number of nitrogens with two attached hydrogens (primary N) is 1. The van der Waals surface area contributed by atoms with Crippen molar-refractivity contribution in [3.63, 3.8) is 0 Å². The number of rotatable bonds is 9. The molecule has 160 valence electrons. The van der Waals surface area contributed by atoms with Crippen LogP contribution in [0.15, 0.2) is 48.5 Å². The Morgan fingerprint density at radius 3 is 2.48 bits per heavy atom. The van der Waals surface area contributed by atoms with E-state index in [2.05, 4.69) is 48.5 Å². The number of aryl methyl sites for hydroxylation is 2. The van der Waals surface area contributed by atoms with Crippen molar-refractivity contribution in [3.05, 3.63) is 70.8 Å². The number of fused-ring (bicyclic) bond motifs is 1. The first-order valence-corrected chi connectivity index (χ1v) is 12.4. The zero-order valence-electron chi connectivity index (χ0n) is 17.3. The highest BCUT2D eigenvalue weighted by Crippen LogP contribution is 2.34. The van der Waals surface area contributed by atoms with E-state index in [1.165, 1.54) is 22.3 Å². The van der Waals surface area contributed by atoms with Gasteiger partial charge < -0.3 is 5.73 Å². The van der Waals surface area contributed by atoms with Crippen LogP contribution in [-0.4, -0.2) is 26.0 Å². The van der Waals surface area contributed by atoms with Gasteiger partial charge in [0.2, 0.25) is 0 Å². The average molecular weight is 436 g/mol. The largest absolute Gasteiger partial charge is 0.327 e. The van der Waals surface area contributed by atoms with E-state index in [1.54, 1.807) is 0 Å². The van der Waals surface area contributed by atoms with Crippen molar-refractivity contribution >= 4 is 22.2 Å². The molecule has 2 unspecified atom stereocenters. The van der Waals surface area contributed by atoms with E-state index < -0.39 is 9.84 Å². The Bertz CT molecular complexity index is 868. The molecule has 2 aromatic rings. The predicted molar refractivity (Wildman–Crippen MR) is 125 cm³/mol. The van der Waals surface area contributed by atoms with Crippen LogP contribution in [-0.2, 0) is 29.1 Å². The van der Waals surface area contributed by atoms with Gasteiger partial charge in [0, 0.05) is 17.7 Å². The molecule has 0 fully saturated rings. The molecule has 0 spiro atoms. The smallest absolute Gasteiger partial charge is 0.150 e. The first-order valence-electron chi connectivity index (χ1n) is 10.6. The highest BCUT2D eigenvalue weighted by Gasteiger charge is 2.27. The molecule has 1 aliphatic rings. The van der Waals surface area contributed by atoms with Gasteiger partial charge in [-0.05, 0) is 67.2 Å². The summed E-state index contributed by atoms with van der Waals surface area (Å²) in [5.74, 6) is 0.981. The summed E-state index contributed by atoms with van der Waals surface area (Å²) in [5, 5.41) is 0. The number of hydrogen-bond acceptors (Lipinski definition) is 3. The predicted octanol–water partition coefficient (Wildman–Crippen LogP) is 4.86. The van der Waals surface area contributed by atoms with Crippen molar-refractivity contribution in [3.8, 4) is 0 Å². The van der Waals surface area contributed by atoms with Gasteiger partial charge >= 0.3 is 0 Å². The highest BCUT2D eigenvalue weighted by atomic mass is 35.5. The van der Waals surface area contributed by atoms with Gasteiger partial charge in [-0.2, -0.15) is 0 Å². The minimum absolute atomic E-state index is 0. The fourth-order valence-corrected chi connectivity index (χ4v) is 5.79. The summed E-state index contributed by atoms with van der Waals surface area (Å²) in [5.41, 5.74) is 12.0. The third kappa shape index (κ3) is 6.84. The lowest BCUT2D eigenvalue weighted by molar-refractivity contribution is 0.467. The third-order valence-electron chi connectivity index (χ3n) is 5.86. The van der Waals surface area contributed by atoms with E-state index in [1.807, 2.05) is 6.92 Å². The standard InChI is InChI=1S/C24H33NO2S.ClH/c1-2-15-28(26,27)16-7-6-10-20-11-12-21-13-14-24(25)23(22(21)17-20)18-19-8-4-3-5-9-19;/h3-5,8-9,11-12,17,23-24H,2,6-7,10,13-16,18,25H2,1H3;1H. The molecule has 0 heterocycles. The van der Waals surface area contributed by atoms with Gasteiger partial charge in [0.25, 0.3) is 0 Å². The molecule has 5 heteroatoms. The molecule has 29 heavy (non-hydrogen) atoms. The van der Waals surface area contributed by atoms with Crippen LogP contribution in [0.2, 0.25) is 0 Å². The maximum atomic E-state index is 11.9. The van der Waals surface area contributed by atoms with E-state index in [-0.39, 0.29) is 18.4 Å². The molecule has 1 aliphatic carbocycles. The molecule has 3 nitrogen and oxygen atoms in total. The molecule has 0 amide bonds. The second kappa shape index (κ2) is 11.1. The molecule has 0 aromatic heterocycles. The monoisotopic (exact) mass is 435 g/mol. The molecule has 3 rings (SSSR count). The van der Waals surface area contributed by atoms with Crippen molar-refractivity contribution < 1.29 is 8.42 Å². The average Bonchev–Trinajstić information content (AvgIpc) is 2.68. The minimum Gasteiger partial charge on any atom is -0.327 e. The molecule has 2 N–H and O–H groups in total. The Morgan fingerprint density at radius 1 is 1.00 bits per heavy atom. The molecule has 0 radical (unpaired) electrons. The van der Waals surface area contributed by atoms with E-state index in [9.17, 15) is 8.42 Å². The van der Waals surface area contributed by atoms with Crippen LogP contribution in [0, 0.1) is 0 Å². The molecule has 0 aliphatic heterocycles. The Balaban J connectivity index is 0.00000300. The normalized spacial score (nSPS) is 18.7. The second-order valence-corrected chi connectivity index (χ2v) is 10.4. The third-order valence-corrected chi connectivity index (χ3v) is 7.80. The number of sulfone groups is 1. The Kier molecular flexibility index (Phi) is 9.19. The number of benzene rings is 2. The Morgan fingerprint density at radius 2 is 1.76 bits per heavy atom. The van der Waals surface area contributed by atoms with Crippen LogP contribution in [0.4, 0.5) is 0 Å². The maximum Gasteiger partial charge on any atom is 0.150 e. The van der Waals surface area contributed by atoms with Crippen molar-refractivity contribution in [1.82, 2.24) is 0 Å². The zero-order chi connectivity index (χ0) is 20.0.